The van der Waals surface area contributed by atoms with Gasteiger partial charge in [-0.2, -0.15) is 5.10 Å². The maximum Gasteiger partial charge on any atom is 0.323 e. The van der Waals surface area contributed by atoms with Crippen molar-refractivity contribution in [1.82, 2.24) is 14.7 Å². The monoisotopic (exact) mass is 326 g/mol. The molecule has 0 saturated carbocycles. The molecule has 2 aromatic heterocycles. The van der Waals surface area contributed by atoms with Crippen LogP contribution in [-0.2, 0) is 6.54 Å². The number of anilines is 1. The first-order valence-electron chi connectivity index (χ1n) is 7.06. The van der Waals surface area contributed by atoms with Gasteiger partial charge in [0.05, 0.1) is 6.04 Å². The summed E-state index contributed by atoms with van der Waals surface area (Å²) >= 11 is 1.63. The minimum Gasteiger partial charge on any atom is -0.317 e. The fourth-order valence-corrected chi connectivity index (χ4v) is 3.51. The summed E-state index contributed by atoms with van der Waals surface area (Å²) in [6.07, 6.45) is 0.858. The Morgan fingerprint density at radius 3 is 3.09 bits per heavy atom. The number of hydrogen-bond donors (Lipinski definition) is 1. The number of carbonyl (C=O) groups is 1. The smallest absolute Gasteiger partial charge is 0.317 e. The lowest BCUT2D eigenvalue weighted by molar-refractivity contribution is 0.122. The highest BCUT2D eigenvalue weighted by molar-refractivity contribution is 7.10. The van der Waals surface area contributed by atoms with Crippen molar-refractivity contribution in [2.45, 2.75) is 31.9 Å². The molecule has 1 atom stereocenters. The van der Waals surface area contributed by atoms with E-state index < -0.39 is 13.0 Å². The maximum absolute atomic E-state index is 12.4. The van der Waals surface area contributed by atoms with Crippen LogP contribution < -0.4 is 5.32 Å². The van der Waals surface area contributed by atoms with Crippen molar-refractivity contribution in [3.05, 3.63) is 34.7 Å². The highest BCUT2D eigenvalue weighted by Crippen LogP contribution is 2.34. The van der Waals surface area contributed by atoms with Crippen molar-refractivity contribution < 1.29 is 13.6 Å². The highest BCUT2D eigenvalue weighted by atomic mass is 32.1. The molecule has 2 aromatic rings. The molecular weight excluding hydrogens is 310 g/mol. The molecule has 5 nitrogen and oxygen atoms in total. The van der Waals surface area contributed by atoms with Crippen molar-refractivity contribution in [3.63, 3.8) is 0 Å². The molecule has 3 heterocycles. The SMILES string of the molecule is O=C(Nc1ccn(CC(F)F)n1)N1CCCC1c1cccs1. The zero-order valence-electron chi connectivity index (χ0n) is 11.8. The van der Waals surface area contributed by atoms with Crippen LogP contribution in [0.4, 0.5) is 19.4 Å². The average molecular weight is 326 g/mol. The number of likely N-dealkylation sites (tertiary alicyclic amines) is 1. The van der Waals surface area contributed by atoms with E-state index in [0.29, 0.717) is 12.4 Å². The van der Waals surface area contributed by atoms with Crippen LogP contribution in [0.15, 0.2) is 29.8 Å². The van der Waals surface area contributed by atoms with Gasteiger partial charge in [0.2, 0.25) is 0 Å². The second-order valence-electron chi connectivity index (χ2n) is 5.11. The van der Waals surface area contributed by atoms with E-state index in [4.69, 9.17) is 0 Å². The van der Waals surface area contributed by atoms with Gasteiger partial charge in [0.15, 0.2) is 5.82 Å². The maximum atomic E-state index is 12.4. The first kappa shape index (κ1) is 15.0. The van der Waals surface area contributed by atoms with Crippen LogP contribution >= 0.6 is 11.3 Å². The third kappa shape index (κ3) is 3.27. The quantitative estimate of drug-likeness (QED) is 0.933. The number of urea groups is 1. The van der Waals surface area contributed by atoms with Crippen molar-refractivity contribution in [1.29, 1.82) is 0 Å². The van der Waals surface area contributed by atoms with Crippen LogP contribution in [-0.4, -0.2) is 33.7 Å². The standard InChI is InChI=1S/C14H16F2N4OS/c15-12(16)9-19-7-5-13(18-19)17-14(21)20-6-1-3-10(20)11-4-2-8-22-11/h2,4-5,7-8,10,12H,1,3,6,9H2,(H,17,18,21). The van der Waals surface area contributed by atoms with Gasteiger partial charge in [0, 0.05) is 23.7 Å². The summed E-state index contributed by atoms with van der Waals surface area (Å²) < 4.78 is 25.7. The van der Waals surface area contributed by atoms with E-state index in [0.717, 1.165) is 22.4 Å². The van der Waals surface area contributed by atoms with E-state index in [1.807, 2.05) is 17.5 Å². The summed E-state index contributed by atoms with van der Waals surface area (Å²) in [4.78, 5) is 15.3. The second kappa shape index (κ2) is 6.43. The Balaban J connectivity index is 1.65. The minimum atomic E-state index is -2.47. The lowest BCUT2D eigenvalue weighted by Crippen LogP contribution is -2.34. The fourth-order valence-electron chi connectivity index (χ4n) is 2.64. The Bertz CT molecular complexity index is 629. The zero-order valence-corrected chi connectivity index (χ0v) is 12.6. The molecule has 1 unspecified atom stereocenters. The van der Waals surface area contributed by atoms with E-state index in [2.05, 4.69) is 10.4 Å². The van der Waals surface area contributed by atoms with Gasteiger partial charge in [-0.25, -0.2) is 13.6 Å². The number of amides is 2. The largest absolute Gasteiger partial charge is 0.323 e. The van der Waals surface area contributed by atoms with Gasteiger partial charge >= 0.3 is 6.03 Å². The molecule has 0 radical (unpaired) electrons. The first-order chi connectivity index (χ1) is 10.6. The van der Waals surface area contributed by atoms with Crippen molar-refractivity contribution in [2.24, 2.45) is 0 Å². The van der Waals surface area contributed by atoms with E-state index in [9.17, 15) is 13.6 Å². The van der Waals surface area contributed by atoms with Gasteiger partial charge in [0.25, 0.3) is 6.43 Å². The van der Waals surface area contributed by atoms with Crippen molar-refractivity contribution >= 4 is 23.2 Å². The van der Waals surface area contributed by atoms with Gasteiger partial charge < -0.3 is 4.90 Å². The molecule has 3 rings (SSSR count). The summed E-state index contributed by atoms with van der Waals surface area (Å²) in [5.41, 5.74) is 0. The lowest BCUT2D eigenvalue weighted by Gasteiger charge is -2.23. The first-order valence-corrected chi connectivity index (χ1v) is 7.94. The molecule has 118 valence electrons. The van der Waals surface area contributed by atoms with E-state index in [-0.39, 0.29) is 12.1 Å². The van der Waals surface area contributed by atoms with Gasteiger partial charge in [-0.3, -0.25) is 10.00 Å². The topological polar surface area (TPSA) is 50.2 Å². The molecule has 1 saturated heterocycles. The third-order valence-electron chi connectivity index (χ3n) is 3.59. The summed E-state index contributed by atoms with van der Waals surface area (Å²) in [5.74, 6) is 0.294. The Morgan fingerprint density at radius 1 is 1.50 bits per heavy atom. The number of nitrogens with one attached hydrogen (secondary N) is 1. The van der Waals surface area contributed by atoms with Gasteiger partial charge in [0.1, 0.15) is 6.54 Å². The predicted molar refractivity (Wildman–Crippen MR) is 80.2 cm³/mol. The molecule has 0 bridgehead atoms. The predicted octanol–water partition coefficient (Wildman–Crippen LogP) is 3.58. The number of aromatic nitrogens is 2. The molecule has 22 heavy (non-hydrogen) atoms. The van der Waals surface area contributed by atoms with E-state index in [1.165, 1.54) is 12.3 Å². The van der Waals surface area contributed by atoms with Gasteiger partial charge in [-0.1, -0.05) is 6.07 Å². The second-order valence-corrected chi connectivity index (χ2v) is 6.09. The number of halogens is 2. The molecule has 1 fully saturated rings. The zero-order chi connectivity index (χ0) is 15.5. The minimum absolute atomic E-state index is 0.0862. The van der Waals surface area contributed by atoms with Crippen LogP contribution in [0.5, 0.6) is 0 Å². The fraction of sp³-hybridized carbons (Fsp3) is 0.429. The Labute approximate surface area is 130 Å². The summed E-state index contributed by atoms with van der Waals surface area (Å²) in [6, 6.07) is 5.37. The average Bonchev–Trinajstić information content (AvgIpc) is 3.18. The van der Waals surface area contributed by atoms with Crippen molar-refractivity contribution in [3.8, 4) is 0 Å². The van der Waals surface area contributed by atoms with Crippen LogP contribution in [0.1, 0.15) is 23.8 Å². The summed E-state index contributed by atoms with van der Waals surface area (Å²) in [6.45, 7) is 0.212. The van der Waals surface area contributed by atoms with Crippen LogP contribution in [0, 0.1) is 0 Å². The number of hydrogen-bond acceptors (Lipinski definition) is 3. The van der Waals surface area contributed by atoms with E-state index in [1.54, 1.807) is 16.2 Å². The number of carbonyl (C=O) groups excluding carboxylic acids is 1. The molecule has 0 aromatic carbocycles. The normalized spacial score (nSPS) is 18.1. The number of nitrogens with zero attached hydrogens (tertiary/aromatic N) is 3. The molecule has 1 N–H and O–H groups in total. The third-order valence-corrected chi connectivity index (χ3v) is 4.56. The molecular formula is C14H16F2N4OS. The Hall–Kier alpha value is -1.96. The lowest BCUT2D eigenvalue weighted by atomic mass is 10.2. The number of alkyl halides is 2. The number of thiophene rings is 1. The highest BCUT2D eigenvalue weighted by Gasteiger charge is 2.30. The molecule has 2 amide bonds. The Kier molecular flexibility index (Phi) is 4.37. The molecule has 1 aliphatic rings. The van der Waals surface area contributed by atoms with Crippen LogP contribution in [0.25, 0.3) is 0 Å². The van der Waals surface area contributed by atoms with Crippen LogP contribution in [0.2, 0.25) is 0 Å². The molecule has 8 heteroatoms. The van der Waals surface area contributed by atoms with Gasteiger partial charge in [-0.15, -0.1) is 11.3 Å². The Morgan fingerprint density at radius 2 is 2.36 bits per heavy atom. The van der Waals surface area contributed by atoms with Crippen molar-refractivity contribution in [2.75, 3.05) is 11.9 Å². The van der Waals surface area contributed by atoms with Gasteiger partial charge in [-0.05, 0) is 24.3 Å². The molecule has 0 spiro atoms. The van der Waals surface area contributed by atoms with Crippen LogP contribution in [0.3, 0.4) is 0 Å². The molecule has 1 aliphatic heterocycles. The van der Waals surface area contributed by atoms with E-state index >= 15 is 0 Å². The molecule has 0 aliphatic carbocycles. The summed E-state index contributed by atoms with van der Waals surface area (Å²) in [5, 5.41) is 8.61. The number of rotatable bonds is 4. The summed E-state index contributed by atoms with van der Waals surface area (Å²) in [7, 11) is 0.